The summed E-state index contributed by atoms with van der Waals surface area (Å²) in [6.45, 7) is 3.06. The van der Waals surface area contributed by atoms with Crippen LogP contribution < -0.4 is 16.6 Å². The number of hydrazine groups is 1. The molecule has 27 heavy (non-hydrogen) atoms. The summed E-state index contributed by atoms with van der Waals surface area (Å²) in [6, 6.07) is 10.9. The second-order valence-corrected chi connectivity index (χ2v) is 7.94. The minimum atomic E-state index is -0.400. The van der Waals surface area contributed by atoms with Gasteiger partial charge in [0.2, 0.25) is 5.91 Å². The number of aryl methyl sites for hydroxylation is 2. The maximum absolute atomic E-state index is 11.4. The van der Waals surface area contributed by atoms with Crippen molar-refractivity contribution in [3.05, 3.63) is 47.5 Å². The second-order valence-electron chi connectivity index (χ2n) is 7.94. The van der Waals surface area contributed by atoms with Crippen LogP contribution in [0.25, 0.3) is 0 Å². The molecule has 4 N–H and O–H groups in total. The van der Waals surface area contributed by atoms with Gasteiger partial charge < -0.3 is 5.73 Å². The van der Waals surface area contributed by atoms with Crippen molar-refractivity contribution in [2.24, 2.45) is 17.6 Å². The molecule has 0 bridgehead atoms. The summed E-state index contributed by atoms with van der Waals surface area (Å²) in [7, 11) is 0. The van der Waals surface area contributed by atoms with Crippen molar-refractivity contribution >= 4 is 5.91 Å². The third kappa shape index (κ3) is 4.04. The van der Waals surface area contributed by atoms with E-state index in [-0.39, 0.29) is 12.5 Å². The van der Waals surface area contributed by atoms with Gasteiger partial charge in [0.15, 0.2) is 5.82 Å². The molecular formula is C20H28N6O. The molecule has 1 aliphatic heterocycles. The van der Waals surface area contributed by atoms with Crippen LogP contribution in [0.1, 0.15) is 49.4 Å². The predicted molar refractivity (Wildman–Crippen MR) is 102 cm³/mol. The van der Waals surface area contributed by atoms with E-state index >= 15 is 0 Å². The number of rotatable bonds is 6. The Morgan fingerprint density at radius 3 is 2.85 bits per heavy atom. The van der Waals surface area contributed by atoms with Crippen LogP contribution in [0.5, 0.6) is 0 Å². The largest absolute Gasteiger partial charge is 0.369 e. The van der Waals surface area contributed by atoms with Gasteiger partial charge in [0.25, 0.3) is 0 Å². The minimum absolute atomic E-state index is 0.0793. The van der Waals surface area contributed by atoms with Crippen LogP contribution in [0.4, 0.5) is 0 Å². The standard InChI is InChI=1S/C20H28N6O/c1-13-7-8-16-15(11-13)19(24-23-16)20-22-18(12-17(21)27)25-26(20)10-9-14-5-3-2-4-6-14/h2-6,13,15-16,19,23-24H,7-12H2,1H3,(H2,21,27). The normalized spacial score (nSPS) is 27.4. The Morgan fingerprint density at radius 1 is 1.26 bits per heavy atom. The summed E-state index contributed by atoms with van der Waals surface area (Å²) in [6.07, 6.45) is 4.57. The highest BCUT2D eigenvalue weighted by Gasteiger charge is 2.42. The zero-order chi connectivity index (χ0) is 18.8. The van der Waals surface area contributed by atoms with E-state index in [0.29, 0.717) is 17.8 Å². The van der Waals surface area contributed by atoms with E-state index < -0.39 is 5.91 Å². The second kappa shape index (κ2) is 7.78. The number of nitrogens with two attached hydrogens (primary N) is 1. The number of carbonyl (C=O) groups is 1. The number of amides is 1. The quantitative estimate of drug-likeness (QED) is 0.718. The van der Waals surface area contributed by atoms with Crippen molar-refractivity contribution in [3.8, 4) is 0 Å². The number of hydrogen-bond acceptors (Lipinski definition) is 5. The van der Waals surface area contributed by atoms with E-state index in [1.807, 2.05) is 22.9 Å². The topological polar surface area (TPSA) is 97.9 Å². The maximum Gasteiger partial charge on any atom is 0.225 e. The zero-order valence-corrected chi connectivity index (χ0v) is 15.8. The van der Waals surface area contributed by atoms with Gasteiger partial charge in [-0.25, -0.2) is 15.1 Å². The van der Waals surface area contributed by atoms with Gasteiger partial charge >= 0.3 is 0 Å². The van der Waals surface area contributed by atoms with Gasteiger partial charge in [-0.15, -0.1) is 0 Å². The van der Waals surface area contributed by atoms with E-state index in [2.05, 4.69) is 35.0 Å². The SMILES string of the molecule is CC1CCC2NNC(c3nc(CC(N)=O)nn3CCc3ccccc3)C2C1. The van der Waals surface area contributed by atoms with Gasteiger partial charge in [0.1, 0.15) is 5.82 Å². The first-order valence-corrected chi connectivity index (χ1v) is 9.87. The average Bonchev–Trinajstić information content (AvgIpc) is 3.23. The molecule has 7 nitrogen and oxygen atoms in total. The zero-order valence-electron chi connectivity index (χ0n) is 15.8. The van der Waals surface area contributed by atoms with Gasteiger partial charge in [-0.1, -0.05) is 37.3 Å². The fourth-order valence-corrected chi connectivity index (χ4v) is 4.44. The van der Waals surface area contributed by atoms with Crippen LogP contribution >= 0.6 is 0 Å². The third-order valence-corrected chi connectivity index (χ3v) is 5.82. The van der Waals surface area contributed by atoms with Crippen molar-refractivity contribution in [1.82, 2.24) is 25.6 Å². The first-order chi connectivity index (χ1) is 13.1. The molecule has 1 saturated carbocycles. The lowest BCUT2D eigenvalue weighted by atomic mass is 9.76. The Balaban J connectivity index is 1.58. The third-order valence-electron chi connectivity index (χ3n) is 5.82. The van der Waals surface area contributed by atoms with Crippen molar-refractivity contribution in [1.29, 1.82) is 0 Å². The maximum atomic E-state index is 11.4. The number of carbonyl (C=O) groups excluding carboxylic acids is 1. The van der Waals surface area contributed by atoms with E-state index in [1.165, 1.54) is 24.8 Å². The molecule has 7 heteroatoms. The summed E-state index contributed by atoms with van der Waals surface area (Å²) < 4.78 is 1.96. The molecule has 4 unspecified atom stereocenters. The van der Waals surface area contributed by atoms with Crippen molar-refractivity contribution < 1.29 is 4.79 Å². The monoisotopic (exact) mass is 368 g/mol. The number of hydrogen-bond donors (Lipinski definition) is 3. The number of aromatic nitrogens is 3. The van der Waals surface area contributed by atoms with Crippen LogP contribution in [0.3, 0.4) is 0 Å². The Kier molecular flexibility index (Phi) is 5.22. The molecule has 2 fully saturated rings. The van der Waals surface area contributed by atoms with Crippen molar-refractivity contribution in [2.45, 2.75) is 57.7 Å². The Bertz CT molecular complexity index is 789. The van der Waals surface area contributed by atoms with Gasteiger partial charge in [-0.3, -0.25) is 10.2 Å². The summed E-state index contributed by atoms with van der Waals surface area (Å²) in [5.41, 5.74) is 13.5. The van der Waals surface area contributed by atoms with Crippen LogP contribution in [-0.2, 0) is 24.2 Å². The summed E-state index contributed by atoms with van der Waals surface area (Å²) in [5.74, 6) is 2.25. The molecule has 1 aliphatic carbocycles. The lowest BCUT2D eigenvalue weighted by molar-refractivity contribution is -0.117. The van der Waals surface area contributed by atoms with Gasteiger partial charge in [0, 0.05) is 12.6 Å². The minimum Gasteiger partial charge on any atom is -0.369 e. The number of fused-ring (bicyclic) bond motifs is 1. The number of nitrogens with one attached hydrogen (secondary N) is 2. The number of nitrogens with zero attached hydrogens (tertiary/aromatic N) is 3. The smallest absolute Gasteiger partial charge is 0.225 e. The van der Waals surface area contributed by atoms with E-state index in [0.717, 1.165) is 24.7 Å². The summed E-state index contributed by atoms with van der Waals surface area (Å²) in [5, 5.41) is 4.60. The fourth-order valence-electron chi connectivity index (χ4n) is 4.44. The molecule has 2 heterocycles. The molecule has 4 rings (SSSR count). The lowest BCUT2D eigenvalue weighted by Crippen LogP contribution is -2.34. The van der Waals surface area contributed by atoms with E-state index in [1.54, 1.807) is 0 Å². The number of primary amides is 1. The van der Waals surface area contributed by atoms with Gasteiger partial charge in [0.05, 0.1) is 12.5 Å². The molecule has 1 aromatic carbocycles. The average molecular weight is 368 g/mol. The van der Waals surface area contributed by atoms with Crippen LogP contribution in [0.15, 0.2) is 30.3 Å². The first-order valence-electron chi connectivity index (χ1n) is 9.87. The van der Waals surface area contributed by atoms with Gasteiger partial charge in [-0.05, 0) is 43.1 Å². The molecule has 0 spiro atoms. The Labute approximate surface area is 159 Å². The summed E-state index contributed by atoms with van der Waals surface area (Å²) in [4.78, 5) is 16.1. The van der Waals surface area contributed by atoms with E-state index in [9.17, 15) is 4.79 Å². The molecule has 1 saturated heterocycles. The first kappa shape index (κ1) is 18.1. The number of benzene rings is 1. The molecule has 2 aromatic rings. The van der Waals surface area contributed by atoms with Crippen molar-refractivity contribution in [2.75, 3.05) is 0 Å². The van der Waals surface area contributed by atoms with E-state index in [4.69, 9.17) is 10.7 Å². The Morgan fingerprint density at radius 2 is 2.07 bits per heavy atom. The Hall–Kier alpha value is -2.25. The predicted octanol–water partition coefficient (Wildman–Crippen LogP) is 1.50. The van der Waals surface area contributed by atoms with Crippen molar-refractivity contribution in [3.63, 3.8) is 0 Å². The van der Waals surface area contributed by atoms with Crippen LogP contribution in [0.2, 0.25) is 0 Å². The van der Waals surface area contributed by atoms with Gasteiger partial charge in [-0.2, -0.15) is 5.10 Å². The molecule has 144 valence electrons. The van der Waals surface area contributed by atoms with Crippen LogP contribution in [0, 0.1) is 11.8 Å². The molecule has 0 radical (unpaired) electrons. The fraction of sp³-hybridized carbons (Fsp3) is 0.550. The molecular weight excluding hydrogens is 340 g/mol. The molecule has 1 amide bonds. The molecule has 1 aromatic heterocycles. The lowest BCUT2D eigenvalue weighted by Gasteiger charge is -2.31. The highest BCUT2D eigenvalue weighted by atomic mass is 16.1. The van der Waals surface area contributed by atoms with Crippen LogP contribution in [-0.4, -0.2) is 26.7 Å². The summed E-state index contributed by atoms with van der Waals surface area (Å²) >= 11 is 0. The highest BCUT2D eigenvalue weighted by molar-refractivity contribution is 5.75. The molecule has 4 atom stereocenters. The molecule has 2 aliphatic rings. The highest BCUT2D eigenvalue weighted by Crippen LogP contribution is 2.39.